The summed E-state index contributed by atoms with van der Waals surface area (Å²) in [5.74, 6) is -0.406. The molecule has 0 unspecified atom stereocenters. The molecule has 1 aliphatic rings. The third-order valence-electron chi connectivity index (χ3n) is 4.44. The Morgan fingerprint density at radius 2 is 1.56 bits per heavy atom. The van der Waals surface area contributed by atoms with Gasteiger partial charge in [0.2, 0.25) is 5.91 Å². The van der Waals surface area contributed by atoms with Crippen molar-refractivity contribution in [2.24, 2.45) is 0 Å². The van der Waals surface area contributed by atoms with Crippen LogP contribution in [0.15, 0.2) is 54.6 Å². The van der Waals surface area contributed by atoms with Crippen LogP contribution in [0.1, 0.15) is 41.2 Å². The molecule has 3 rings (SSSR count). The summed E-state index contributed by atoms with van der Waals surface area (Å²) in [6.45, 7) is 1.48. The Bertz CT molecular complexity index is 742. The van der Waals surface area contributed by atoms with Gasteiger partial charge in [-0.15, -0.1) is 0 Å². The highest BCUT2D eigenvalue weighted by molar-refractivity contribution is 6.33. The van der Waals surface area contributed by atoms with Crippen LogP contribution >= 0.6 is 11.6 Å². The van der Waals surface area contributed by atoms with Crippen LogP contribution in [0.2, 0.25) is 5.02 Å². The average Bonchev–Trinajstić information content (AvgIpc) is 2.67. The topological polar surface area (TPSA) is 49.4 Å². The molecule has 2 aromatic carbocycles. The van der Waals surface area contributed by atoms with E-state index in [9.17, 15) is 9.59 Å². The van der Waals surface area contributed by atoms with E-state index in [1.54, 1.807) is 24.3 Å². The molecule has 1 saturated heterocycles. The van der Waals surface area contributed by atoms with E-state index in [-0.39, 0.29) is 11.8 Å². The number of halogens is 1. The minimum Gasteiger partial charge on any atom is -0.341 e. The molecule has 25 heavy (non-hydrogen) atoms. The lowest BCUT2D eigenvalue weighted by Crippen LogP contribution is -2.45. The van der Waals surface area contributed by atoms with Crippen LogP contribution in [0, 0.1) is 0 Å². The summed E-state index contributed by atoms with van der Waals surface area (Å²) in [5.41, 5.74) is 1.15. The van der Waals surface area contributed by atoms with Crippen molar-refractivity contribution in [2.75, 3.05) is 13.1 Å². The van der Waals surface area contributed by atoms with Crippen LogP contribution in [0.5, 0.6) is 0 Å². The predicted molar refractivity (Wildman–Crippen MR) is 98.5 cm³/mol. The molecule has 0 bridgehead atoms. The molecule has 1 N–H and O–H groups in total. The largest absolute Gasteiger partial charge is 0.341 e. The van der Waals surface area contributed by atoms with Gasteiger partial charge in [0.15, 0.2) is 0 Å². The maximum absolute atomic E-state index is 13.0. The van der Waals surface area contributed by atoms with Crippen LogP contribution in [0.3, 0.4) is 0 Å². The molecule has 130 valence electrons. The molecule has 1 aliphatic heterocycles. The third kappa shape index (κ3) is 4.20. The van der Waals surface area contributed by atoms with Crippen molar-refractivity contribution in [3.05, 3.63) is 70.7 Å². The Morgan fingerprint density at radius 1 is 0.920 bits per heavy atom. The number of rotatable bonds is 4. The zero-order valence-electron chi connectivity index (χ0n) is 14.0. The fourth-order valence-electron chi connectivity index (χ4n) is 3.08. The Hall–Kier alpha value is -2.33. The molecule has 1 atom stereocenters. The minimum atomic E-state index is -0.705. The lowest BCUT2D eigenvalue weighted by molar-refractivity contribution is -0.134. The van der Waals surface area contributed by atoms with Crippen molar-refractivity contribution in [3.63, 3.8) is 0 Å². The molecule has 0 spiro atoms. The van der Waals surface area contributed by atoms with E-state index < -0.39 is 6.04 Å². The summed E-state index contributed by atoms with van der Waals surface area (Å²) in [4.78, 5) is 27.5. The van der Waals surface area contributed by atoms with Crippen LogP contribution in [0.25, 0.3) is 0 Å². The smallest absolute Gasteiger partial charge is 0.253 e. The summed E-state index contributed by atoms with van der Waals surface area (Å²) in [5, 5.41) is 3.25. The summed E-state index contributed by atoms with van der Waals surface area (Å²) < 4.78 is 0. The zero-order valence-corrected chi connectivity index (χ0v) is 14.7. The first kappa shape index (κ1) is 17.5. The molecule has 4 nitrogen and oxygen atoms in total. The van der Waals surface area contributed by atoms with Crippen molar-refractivity contribution >= 4 is 23.4 Å². The van der Waals surface area contributed by atoms with E-state index in [1.165, 1.54) is 0 Å². The van der Waals surface area contributed by atoms with Gasteiger partial charge in [-0.2, -0.15) is 0 Å². The predicted octanol–water partition coefficient (Wildman–Crippen LogP) is 3.82. The summed E-state index contributed by atoms with van der Waals surface area (Å²) in [7, 11) is 0. The molecule has 1 fully saturated rings. The minimum absolute atomic E-state index is 0.0636. The van der Waals surface area contributed by atoms with Gasteiger partial charge in [0.1, 0.15) is 6.04 Å². The average molecular weight is 357 g/mol. The van der Waals surface area contributed by atoms with Gasteiger partial charge in [0, 0.05) is 13.1 Å². The normalized spacial score (nSPS) is 15.5. The Balaban J connectivity index is 1.85. The van der Waals surface area contributed by atoms with Gasteiger partial charge in [-0.1, -0.05) is 54.1 Å². The molecular weight excluding hydrogens is 336 g/mol. The summed E-state index contributed by atoms with van der Waals surface area (Å²) >= 11 is 6.12. The number of carbonyl (C=O) groups is 2. The van der Waals surface area contributed by atoms with Crippen LogP contribution < -0.4 is 5.32 Å². The fraction of sp³-hybridized carbons (Fsp3) is 0.300. The van der Waals surface area contributed by atoms with Gasteiger partial charge in [-0.25, -0.2) is 0 Å². The molecule has 2 aromatic rings. The zero-order chi connectivity index (χ0) is 17.6. The number of amides is 2. The van der Waals surface area contributed by atoms with Crippen LogP contribution in [0.4, 0.5) is 0 Å². The molecule has 0 aromatic heterocycles. The van der Waals surface area contributed by atoms with Crippen molar-refractivity contribution < 1.29 is 9.59 Å². The molecule has 1 heterocycles. The number of nitrogens with zero attached hydrogens (tertiary/aromatic N) is 1. The van der Waals surface area contributed by atoms with Gasteiger partial charge in [0.05, 0.1) is 10.6 Å². The molecule has 0 saturated carbocycles. The van der Waals surface area contributed by atoms with E-state index in [4.69, 9.17) is 11.6 Å². The quantitative estimate of drug-likeness (QED) is 0.905. The van der Waals surface area contributed by atoms with Gasteiger partial charge in [-0.3, -0.25) is 9.59 Å². The highest BCUT2D eigenvalue weighted by Gasteiger charge is 2.29. The standard InChI is InChI=1S/C20H21ClN2O2/c21-17-12-6-5-11-16(17)19(24)22-18(15-9-3-1-4-10-15)20(25)23-13-7-2-8-14-23/h1,3-6,9-12,18H,2,7-8,13-14H2,(H,22,24)/t18-/m0/s1. The highest BCUT2D eigenvalue weighted by atomic mass is 35.5. The number of hydrogen-bond acceptors (Lipinski definition) is 2. The number of piperidine rings is 1. The maximum atomic E-state index is 13.0. The van der Waals surface area contributed by atoms with Gasteiger partial charge < -0.3 is 10.2 Å². The Kier molecular flexibility index (Phi) is 5.71. The second kappa shape index (κ2) is 8.17. The summed E-state index contributed by atoms with van der Waals surface area (Å²) in [6.07, 6.45) is 3.16. The fourth-order valence-corrected chi connectivity index (χ4v) is 3.31. The first-order chi connectivity index (χ1) is 12.2. The molecular formula is C20H21ClN2O2. The number of benzene rings is 2. The van der Waals surface area contributed by atoms with E-state index >= 15 is 0 Å². The van der Waals surface area contributed by atoms with Crippen molar-refractivity contribution in [1.82, 2.24) is 10.2 Å². The highest BCUT2D eigenvalue weighted by Crippen LogP contribution is 2.21. The SMILES string of the molecule is O=C(N[C@H](C(=O)N1CCCCC1)c1ccccc1)c1ccccc1Cl. The number of likely N-dealkylation sites (tertiary alicyclic amines) is 1. The van der Waals surface area contributed by atoms with Gasteiger partial charge >= 0.3 is 0 Å². The molecule has 2 amide bonds. The van der Waals surface area contributed by atoms with E-state index in [2.05, 4.69) is 5.32 Å². The third-order valence-corrected chi connectivity index (χ3v) is 4.77. The van der Waals surface area contributed by atoms with Crippen LogP contribution in [-0.2, 0) is 4.79 Å². The molecule has 0 aliphatic carbocycles. The van der Waals surface area contributed by atoms with Crippen molar-refractivity contribution in [1.29, 1.82) is 0 Å². The van der Waals surface area contributed by atoms with Crippen molar-refractivity contribution in [2.45, 2.75) is 25.3 Å². The first-order valence-electron chi connectivity index (χ1n) is 8.56. The van der Waals surface area contributed by atoms with Gasteiger partial charge in [-0.05, 0) is 37.0 Å². The number of nitrogens with one attached hydrogen (secondary N) is 1. The lowest BCUT2D eigenvalue weighted by atomic mass is 10.0. The Labute approximate surface area is 152 Å². The van der Waals surface area contributed by atoms with Crippen molar-refractivity contribution in [3.8, 4) is 0 Å². The second-order valence-corrected chi connectivity index (χ2v) is 6.59. The number of carbonyl (C=O) groups excluding carboxylic acids is 2. The van der Waals surface area contributed by atoms with Gasteiger partial charge in [0.25, 0.3) is 5.91 Å². The number of hydrogen-bond donors (Lipinski definition) is 1. The Morgan fingerprint density at radius 3 is 2.24 bits per heavy atom. The van der Waals surface area contributed by atoms with E-state index in [0.717, 1.165) is 37.9 Å². The summed E-state index contributed by atoms with van der Waals surface area (Å²) in [6, 6.07) is 15.5. The molecule has 5 heteroatoms. The molecule has 0 radical (unpaired) electrons. The first-order valence-corrected chi connectivity index (χ1v) is 8.94. The van der Waals surface area contributed by atoms with Crippen LogP contribution in [-0.4, -0.2) is 29.8 Å². The van der Waals surface area contributed by atoms with E-state index in [0.29, 0.717) is 10.6 Å². The maximum Gasteiger partial charge on any atom is 0.253 e. The van der Waals surface area contributed by atoms with E-state index in [1.807, 2.05) is 35.2 Å². The monoisotopic (exact) mass is 356 g/mol. The lowest BCUT2D eigenvalue weighted by Gasteiger charge is -2.31. The second-order valence-electron chi connectivity index (χ2n) is 6.18.